The molecule has 3 aromatic rings. The highest BCUT2D eigenvalue weighted by molar-refractivity contribution is 6.32. The third-order valence-electron chi connectivity index (χ3n) is 7.00. The number of nitriles is 1. The molecule has 0 aliphatic carbocycles. The molecule has 0 saturated heterocycles. The van der Waals surface area contributed by atoms with Crippen LogP contribution in [0.5, 0.6) is 17.5 Å². The van der Waals surface area contributed by atoms with Gasteiger partial charge in [-0.3, -0.25) is 4.57 Å². The Hall–Kier alpha value is -4.72. The van der Waals surface area contributed by atoms with Gasteiger partial charge < -0.3 is 29.7 Å². The van der Waals surface area contributed by atoms with E-state index in [4.69, 9.17) is 21.1 Å². The molecule has 10 nitrogen and oxygen atoms in total. The molecule has 0 unspecified atom stereocenters. The van der Waals surface area contributed by atoms with Gasteiger partial charge in [-0.2, -0.15) is 5.26 Å². The molecule has 3 N–H and O–H groups in total. The summed E-state index contributed by atoms with van der Waals surface area (Å²) in [7, 11) is 1.50. The van der Waals surface area contributed by atoms with E-state index in [1.165, 1.54) is 17.7 Å². The predicted octanol–water partition coefficient (Wildman–Crippen LogP) is 4.76. The van der Waals surface area contributed by atoms with Gasteiger partial charge in [0, 0.05) is 31.1 Å². The van der Waals surface area contributed by atoms with Crippen LogP contribution >= 0.6 is 11.6 Å². The van der Waals surface area contributed by atoms with Crippen LogP contribution < -0.4 is 4.74 Å². The highest BCUT2D eigenvalue weighted by Gasteiger charge is 2.41. The van der Waals surface area contributed by atoms with E-state index >= 15 is 0 Å². The molecule has 0 spiro atoms. The minimum Gasteiger partial charge on any atom is -0.494 e. The minimum absolute atomic E-state index is 0.00416. The Morgan fingerprint density at radius 2 is 1.73 bits per heavy atom. The van der Waals surface area contributed by atoms with Crippen LogP contribution in [0.15, 0.2) is 77.1 Å². The Balaban J connectivity index is 1.83. The number of carbonyl (C=O) groups is 2. The molecule has 2 heterocycles. The van der Waals surface area contributed by atoms with Crippen molar-refractivity contribution in [2.45, 2.75) is 26.3 Å². The third kappa shape index (κ3) is 5.63. The first-order chi connectivity index (χ1) is 19.6. The number of hydrogen-bond acceptors (Lipinski definition) is 8. The third-order valence-corrected chi connectivity index (χ3v) is 7.42. The topological polar surface area (TPSA) is 145 Å². The molecule has 1 aromatic heterocycles. The molecule has 4 rings (SSSR count). The Morgan fingerprint density at radius 3 is 2.37 bits per heavy atom. The van der Waals surface area contributed by atoms with Crippen molar-refractivity contribution < 1.29 is 34.4 Å². The summed E-state index contributed by atoms with van der Waals surface area (Å²) in [6.07, 6.45) is 0. The van der Waals surface area contributed by atoms with Gasteiger partial charge in [-0.05, 0) is 31.0 Å². The Labute approximate surface area is 241 Å². The summed E-state index contributed by atoms with van der Waals surface area (Å²) >= 11 is 6.56. The molecule has 0 radical (unpaired) electrons. The summed E-state index contributed by atoms with van der Waals surface area (Å²) in [5.41, 5.74) is 1.67. The SMILES string of the molecule is COCCN1C(C)=C(C(=O)O)[C@@H](c2cccc(C#N)c2Cl)C(C(=O)Oc2cc(O)n(Cc3ccccc3)c2O)=C1C. The van der Waals surface area contributed by atoms with Crippen molar-refractivity contribution in [3.8, 4) is 23.6 Å². The van der Waals surface area contributed by atoms with Crippen LogP contribution in [-0.4, -0.2) is 57.0 Å². The maximum Gasteiger partial charge on any atom is 0.342 e. The van der Waals surface area contributed by atoms with Gasteiger partial charge in [0.25, 0.3) is 0 Å². The first kappa shape index (κ1) is 29.3. The van der Waals surface area contributed by atoms with Gasteiger partial charge in [-0.1, -0.05) is 54.1 Å². The summed E-state index contributed by atoms with van der Waals surface area (Å²) in [6, 6.07) is 16.7. The number of allylic oxidation sites excluding steroid dienone is 2. The number of methoxy groups -OCH3 is 1. The van der Waals surface area contributed by atoms with E-state index in [2.05, 4.69) is 0 Å². The number of carboxylic acid groups (broad SMARTS) is 1. The van der Waals surface area contributed by atoms with Crippen LogP contribution in [0.2, 0.25) is 5.02 Å². The van der Waals surface area contributed by atoms with Crippen molar-refractivity contribution in [2.75, 3.05) is 20.3 Å². The average molecular weight is 578 g/mol. The van der Waals surface area contributed by atoms with Crippen LogP contribution in [0.3, 0.4) is 0 Å². The first-order valence-corrected chi connectivity index (χ1v) is 13.0. The van der Waals surface area contributed by atoms with Crippen molar-refractivity contribution in [3.05, 3.63) is 98.9 Å². The quantitative estimate of drug-likeness (QED) is 0.306. The molecule has 0 saturated carbocycles. The lowest BCUT2D eigenvalue weighted by Crippen LogP contribution is -2.37. The van der Waals surface area contributed by atoms with Gasteiger partial charge in [-0.15, -0.1) is 0 Å². The highest BCUT2D eigenvalue weighted by atomic mass is 35.5. The van der Waals surface area contributed by atoms with Crippen LogP contribution in [0.1, 0.15) is 36.5 Å². The van der Waals surface area contributed by atoms with Crippen molar-refractivity contribution >= 4 is 23.5 Å². The molecule has 0 bridgehead atoms. The summed E-state index contributed by atoms with van der Waals surface area (Å²) < 4.78 is 12.0. The van der Waals surface area contributed by atoms with E-state index in [9.17, 15) is 30.2 Å². The molecule has 1 atom stereocenters. The summed E-state index contributed by atoms with van der Waals surface area (Å²) in [4.78, 5) is 28.2. The smallest absolute Gasteiger partial charge is 0.342 e. The zero-order valence-electron chi connectivity index (χ0n) is 22.6. The maximum absolute atomic E-state index is 13.9. The lowest BCUT2D eigenvalue weighted by Gasteiger charge is -2.37. The molecule has 2 aromatic carbocycles. The molecule has 212 valence electrons. The number of halogens is 1. The van der Waals surface area contributed by atoms with E-state index < -0.39 is 23.7 Å². The molecule has 41 heavy (non-hydrogen) atoms. The second-order valence-corrected chi connectivity index (χ2v) is 9.73. The molecule has 1 aliphatic rings. The fraction of sp³-hybridized carbons (Fsp3) is 0.233. The second kappa shape index (κ2) is 12.2. The molecule has 1 aliphatic heterocycles. The number of rotatable bonds is 9. The fourth-order valence-corrected chi connectivity index (χ4v) is 5.27. The number of ether oxygens (including phenoxy) is 2. The average Bonchev–Trinajstić information content (AvgIpc) is 3.20. The van der Waals surface area contributed by atoms with Crippen LogP contribution in [0, 0.1) is 11.3 Å². The second-order valence-electron chi connectivity index (χ2n) is 9.35. The van der Waals surface area contributed by atoms with Crippen molar-refractivity contribution in [3.63, 3.8) is 0 Å². The zero-order chi connectivity index (χ0) is 29.8. The summed E-state index contributed by atoms with van der Waals surface area (Å²) in [6.45, 7) is 3.83. The van der Waals surface area contributed by atoms with E-state index in [-0.39, 0.29) is 58.6 Å². The van der Waals surface area contributed by atoms with Gasteiger partial charge >= 0.3 is 11.9 Å². The van der Waals surface area contributed by atoms with E-state index in [1.807, 2.05) is 24.3 Å². The van der Waals surface area contributed by atoms with E-state index in [1.54, 1.807) is 43.0 Å². The van der Waals surface area contributed by atoms with Crippen LogP contribution in [0.25, 0.3) is 0 Å². The van der Waals surface area contributed by atoms with E-state index in [0.717, 1.165) is 11.6 Å². The van der Waals surface area contributed by atoms with Crippen molar-refractivity contribution in [1.29, 1.82) is 5.26 Å². The Morgan fingerprint density at radius 1 is 1.05 bits per heavy atom. The monoisotopic (exact) mass is 577 g/mol. The zero-order valence-corrected chi connectivity index (χ0v) is 23.3. The highest BCUT2D eigenvalue weighted by Crippen LogP contribution is 2.46. The van der Waals surface area contributed by atoms with Gasteiger partial charge in [0.15, 0.2) is 11.6 Å². The molecule has 0 fully saturated rings. The number of carboxylic acids is 1. The molecular weight excluding hydrogens is 550 g/mol. The maximum atomic E-state index is 13.9. The largest absolute Gasteiger partial charge is 0.494 e. The van der Waals surface area contributed by atoms with Gasteiger partial charge in [0.2, 0.25) is 5.88 Å². The number of carbonyl (C=O) groups excluding carboxylic acids is 1. The first-order valence-electron chi connectivity index (χ1n) is 12.6. The Kier molecular flexibility index (Phi) is 8.71. The number of aliphatic carboxylic acids is 1. The number of esters is 1. The number of hydrogen-bond donors (Lipinski definition) is 3. The number of benzene rings is 2. The minimum atomic E-state index is -1.29. The summed E-state index contributed by atoms with van der Waals surface area (Å²) in [5, 5.41) is 41.2. The van der Waals surface area contributed by atoms with Gasteiger partial charge in [0.05, 0.1) is 40.8 Å². The van der Waals surface area contributed by atoms with E-state index in [0.29, 0.717) is 11.4 Å². The fourth-order valence-electron chi connectivity index (χ4n) is 4.99. The predicted molar refractivity (Wildman–Crippen MR) is 149 cm³/mol. The molecule has 0 amide bonds. The van der Waals surface area contributed by atoms with Crippen LogP contribution in [-0.2, 0) is 20.9 Å². The van der Waals surface area contributed by atoms with Crippen molar-refractivity contribution in [1.82, 2.24) is 9.47 Å². The summed E-state index contributed by atoms with van der Waals surface area (Å²) in [5.74, 6) is -4.61. The van der Waals surface area contributed by atoms with Gasteiger partial charge in [0.1, 0.15) is 6.07 Å². The lowest BCUT2D eigenvalue weighted by atomic mass is 9.79. The van der Waals surface area contributed by atoms with Crippen LogP contribution in [0.4, 0.5) is 0 Å². The number of aromatic hydroxyl groups is 2. The number of aromatic nitrogens is 1. The normalized spacial score (nSPS) is 15.2. The Bertz CT molecular complexity index is 1600. The molecular formula is C30H28ClN3O7. The molecule has 11 heteroatoms. The number of nitrogens with zero attached hydrogens (tertiary/aromatic N) is 3. The van der Waals surface area contributed by atoms with Gasteiger partial charge in [-0.25, -0.2) is 9.59 Å². The van der Waals surface area contributed by atoms with Crippen molar-refractivity contribution in [2.24, 2.45) is 0 Å². The lowest BCUT2D eigenvalue weighted by molar-refractivity contribution is -0.133. The standard InChI is InChI=1S/C30H28ClN3O7/c1-17-24(29(37)38)26(21-11-7-10-20(15-32)27(21)31)25(18(2)33(17)12-13-40-3)30(39)41-22-14-23(35)34(28(22)36)16-19-8-5-4-6-9-19/h4-11,14,26,35-36H,12-13,16H2,1-3H3,(H,37,38)/t26-/m1/s1.